The molecule has 8 atom stereocenters. The Labute approximate surface area is 359 Å². The molecule has 1 saturated carbocycles. The number of carboxylic acids is 1. The smallest absolute Gasteiger partial charge is 0.472 e. The van der Waals surface area contributed by atoms with Gasteiger partial charge in [-0.15, -0.1) is 0 Å². The van der Waals surface area contributed by atoms with Gasteiger partial charge in [-0.25, -0.2) is 4.57 Å². The Morgan fingerprint density at radius 3 is 1.78 bits per heavy atom. The van der Waals surface area contributed by atoms with Crippen molar-refractivity contribution in [2.24, 2.45) is 17.6 Å². The fourth-order valence-corrected chi connectivity index (χ4v) is 8.08. The second-order valence-corrected chi connectivity index (χ2v) is 18.0. The number of esters is 2. The normalized spacial score (nSPS) is 20.4. The molecule has 0 heterocycles. The molecule has 350 valence electrons. The van der Waals surface area contributed by atoms with Crippen LogP contribution in [-0.4, -0.2) is 99.3 Å². The van der Waals surface area contributed by atoms with Gasteiger partial charge in [-0.3, -0.25) is 28.2 Å². The maximum Gasteiger partial charge on any atom is 0.472 e. The second kappa shape index (κ2) is 34.3. The number of nitrogens with two attached hydrogens (primary N) is 1. The molecule has 1 rings (SSSR count). The highest BCUT2D eigenvalue weighted by Crippen LogP contribution is 2.43. The van der Waals surface area contributed by atoms with Gasteiger partial charge in [-0.2, -0.15) is 0 Å². The van der Waals surface area contributed by atoms with Gasteiger partial charge in [0.2, 0.25) is 0 Å². The lowest BCUT2D eigenvalue weighted by atomic mass is 9.87. The third kappa shape index (κ3) is 28.4. The van der Waals surface area contributed by atoms with Gasteiger partial charge in [0.25, 0.3) is 0 Å². The summed E-state index contributed by atoms with van der Waals surface area (Å²) in [5.41, 5.74) is 5.32. The minimum Gasteiger partial charge on any atom is -0.480 e. The van der Waals surface area contributed by atoms with Gasteiger partial charge in [0.15, 0.2) is 6.10 Å². The first-order valence-electron chi connectivity index (χ1n) is 22.9. The minimum atomic E-state index is -4.82. The molecule has 7 N–H and O–H groups in total. The summed E-state index contributed by atoms with van der Waals surface area (Å²) >= 11 is 0. The predicted octanol–water partition coefficient (Wildman–Crippen LogP) is 7.62. The number of rotatable bonds is 39. The lowest BCUT2D eigenvalue weighted by molar-refractivity contribution is -0.161. The number of phosphoric acid groups is 1. The number of hydrogen-bond acceptors (Lipinski definition) is 13. The largest absolute Gasteiger partial charge is 0.480 e. The maximum absolute atomic E-state index is 12.9. The molecule has 15 nitrogen and oxygen atoms in total. The molecule has 0 bridgehead atoms. The van der Waals surface area contributed by atoms with Gasteiger partial charge in [0, 0.05) is 43.9 Å². The van der Waals surface area contributed by atoms with Gasteiger partial charge in [-0.05, 0) is 25.7 Å². The fraction of sp³-hybridized carbons (Fsp3) is 0.864. The van der Waals surface area contributed by atoms with Crippen molar-refractivity contribution in [3.8, 4) is 0 Å². The Bertz CT molecular complexity index is 1250. The van der Waals surface area contributed by atoms with E-state index in [-0.39, 0.29) is 44.3 Å². The number of carbonyl (C=O) groups excluding carboxylic acids is 3. The summed E-state index contributed by atoms with van der Waals surface area (Å²) in [5.74, 6) is -3.81. The van der Waals surface area contributed by atoms with Crippen LogP contribution in [0, 0.1) is 11.8 Å². The average molecular weight is 878 g/mol. The quantitative estimate of drug-likeness (QED) is 0.0150. The molecule has 0 amide bonds. The zero-order valence-corrected chi connectivity index (χ0v) is 37.5. The number of aliphatic hydroxyl groups excluding tert-OH is 3. The number of carboxylic acid groups (broad SMARTS) is 1. The van der Waals surface area contributed by atoms with Crippen LogP contribution in [0.2, 0.25) is 0 Å². The van der Waals surface area contributed by atoms with Crippen molar-refractivity contribution < 1.29 is 67.6 Å². The fourth-order valence-electron chi connectivity index (χ4n) is 7.30. The molecule has 1 fully saturated rings. The zero-order valence-electron chi connectivity index (χ0n) is 36.6. The molecular formula is C44H80NO14P. The van der Waals surface area contributed by atoms with Gasteiger partial charge >= 0.3 is 25.7 Å². The minimum absolute atomic E-state index is 0.0362. The van der Waals surface area contributed by atoms with E-state index in [1.165, 1.54) is 70.6 Å². The van der Waals surface area contributed by atoms with Crippen LogP contribution in [0.15, 0.2) is 12.2 Å². The summed E-state index contributed by atoms with van der Waals surface area (Å²) in [5, 5.41) is 40.2. The van der Waals surface area contributed by atoms with E-state index in [0.717, 1.165) is 38.5 Å². The van der Waals surface area contributed by atoms with Crippen molar-refractivity contribution in [1.29, 1.82) is 0 Å². The lowest BCUT2D eigenvalue weighted by Crippen LogP contribution is -2.34. The van der Waals surface area contributed by atoms with Gasteiger partial charge in [-0.1, -0.05) is 135 Å². The van der Waals surface area contributed by atoms with Crippen molar-refractivity contribution in [3.63, 3.8) is 0 Å². The first-order chi connectivity index (χ1) is 28.7. The van der Waals surface area contributed by atoms with Crippen molar-refractivity contribution in [2.45, 2.75) is 211 Å². The van der Waals surface area contributed by atoms with Crippen LogP contribution >= 0.6 is 7.82 Å². The summed E-state index contributed by atoms with van der Waals surface area (Å²) in [6.07, 6.45) is 21.9. The number of hydrogen-bond donors (Lipinski definition) is 6. The Morgan fingerprint density at radius 2 is 1.20 bits per heavy atom. The predicted molar refractivity (Wildman–Crippen MR) is 229 cm³/mol. The van der Waals surface area contributed by atoms with Crippen LogP contribution in [0.25, 0.3) is 0 Å². The molecule has 0 aromatic heterocycles. The van der Waals surface area contributed by atoms with Crippen LogP contribution in [-0.2, 0) is 42.3 Å². The zero-order chi connectivity index (χ0) is 44.6. The molecule has 60 heavy (non-hydrogen) atoms. The van der Waals surface area contributed by atoms with Crippen LogP contribution < -0.4 is 5.73 Å². The van der Waals surface area contributed by atoms with Crippen LogP contribution in [0.1, 0.15) is 181 Å². The molecule has 1 aliphatic rings. The van der Waals surface area contributed by atoms with E-state index < -0.39 is 87.8 Å². The Morgan fingerprint density at radius 1 is 0.700 bits per heavy atom. The first-order valence-corrected chi connectivity index (χ1v) is 24.4. The van der Waals surface area contributed by atoms with E-state index in [1.807, 2.05) is 0 Å². The molecule has 0 aliphatic heterocycles. The third-order valence-electron chi connectivity index (χ3n) is 11.0. The molecule has 0 aromatic rings. The highest BCUT2D eigenvalue weighted by Gasteiger charge is 2.41. The Hall–Kier alpha value is -2.23. The topological polar surface area (TPSA) is 249 Å². The first kappa shape index (κ1) is 55.8. The third-order valence-corrected chi connectivity index (χ3v) is 11.9. The molecule has 16 heteroatoms. The summed E-state index contributed by atoms with van der Waals surface area (Å²) < 4.78 is 32.6. The number of Topliss-reactive ketones (excluding diaryl/α,β-unsaturated/α-hetero) is 1. The standard InChI is InChI=1S/C44H80NO14P/c1-3-5-7-8-9-10-11-12-13-14-15-16-17-18-20-25-42(50)56-31-36(32-57-60(54,55)58-33-39(45)44(52)53)59-43(51)26-22-21-24-35(47)29-38-37(40(48)30-41(38)49)28-27-34(46)23-19-6-4-2/h27-28,34,36-41,46,48-49H,3-26,29-33,45H2,1-2H3,(H,52,53)(H,54,55)/b28-27+/t34-,36+,37+,38+,39-,40+,41-/m0/s1. The summed E-state index contributed by atoms with van der Waals surface area (Å²) in [6.45, 7) is 2.33. The van der Waals surface area contributed by atoms with E-state index in [9.17, 15) is 44.0 Å². The van der Waals surface area contributed by atoms with E-state index in [1.54, 1.807) is 12.2 Å². The molecule has 1 aliphatic carbocycles. The number of ketones is 1. The summed E-state index contributed by atoms with van der Waals surface area (Å²) in [7, 11) is -4.82. The molecule has 0 radical (unpaired) electrons. The van der Waals surface area contributed by atoms with Crippen LogP contribution in [0.3, 0.4) is 0 Å². The van der Waals surface area contributed by atoms with E-state index in [0.29, 0.717) is 19.3 Å². The van der Waals surface area contributed by atoms with E-state index in [4.69, 9.17) is 24.8 Å². The number of unbranched alkanes of at least 4 members (excludes halogenated alkanes) is 17. The van der Waals surface area contributed by atoms with Crippen molar-refractivity contribution in [1.82, 2.24) is 0 Å². The second-order valence-electron chi connectivity index (χ2n) is 16.5. The van der Waals surface area contributed by atoms with Crippen LogP contribution in [0.4, 0.5) is 0 Å². The maximum atomic E-state index is 12.9. The Balaban J connectivity index is 2.51. The summed E-state index contributed by atoms with van der Waals surface area (Å²) in [6, 6.07) is -1.58. The molecule has 0 saturated heterocycles. The average Bonchev–Trinajstić information content (AvgIpc) is 3.47. The highest BCUT2D eigenvalue weighted by molar-refractivity contribution is 7.47. The highest BCUT2D eigenvalue weighted by atomic mass is 31.2. The number of aliphatic hydroxyl groups is 3. The number of carbonyl (C=O) groups is 4. The monoisotopic (exact) mass is 878 g/mol. The van der Waals surface area contributed by atoms with E-state index >= 15 is 0 Å². The number of ether oxygens (including phenoxy) is 2. The van der Waals surface area contributed by atoms with E-state index in [2.05, 4.69) is 18.4 Å². The number of phosphoric ester groups is 1. The van der Waals surface area contributed by atoms with Crippen molar-refractivity contribution >= 4 is 31.5 Å². The molecule has 0 spiro atoms. The molecule has 0 aromatic carbocycles. The van der Waals surface area contributed by atoms with Gasteiger partial charge < -0.3 is 40.5 Å². The molecular weight excluding hydrogens is 797 g/mol. The molecule has 1 unspecified atom stereocenters. The Kier molecular flexibility index (Phi) is 31.9. The van der Waals surface area contributed by atoms with Gasteiger partial charge in [0.05, 0.1) is 31.5 Å². The van der Waals surface area contributed by atoms with Crippen molar-refractivity contribution in [2.75, 3.05) is 19.8 Å². The number of aliphatic carboxylic acids is 1. The SMILES string of the molecule is CCCCCCCCCCCCCCCCCC(=O)OC[C@H](COP(=O)(O)OC[C@H](N)C(=O)O)OC(=O)CCCCC(=O)C[C@@H]1[C@@H](/C=C/[C@@H](O)CCCCC)[C@H](O)C[C@@H]1O. The summed E-state index contributed by atoms with van der Waals surface area (Å²) in [4.78, 5) is 59.1. The van der Waals surface area contributed by atoms with Crippen LogP contribution in [0.5, 0.6) is 0 Å². The van der Waals surface area contributed by atoms with Crippen molar-refractivity contribution in [3.05, 3.63) is 12.2 Å². The van der Waals surface area contributed by atoms with Gasteiger partial charge in [0.1, 0.15) is 18.4 Å². The lowest BCUT2D eigenvalue weighted by Gasteiger charge is -2.21.